The second-order valence-electron chi connectivity index (χ2n) is 4.64. The number of nitrogens with zero attached hydrogens (tertiary/aromatic N) is 1. The molecule has 110 valence electrons. The summed E-state index contributed by atoms with van der Waals surface area (Å²) in [6, 6.07) is 11.0. The number of amides is 1. The second kappa shape index (κ2) is 6.59. The third-order valence-corrected chi connectivity index (χ3v) is 3.31. The summed E-state index contributed by atoms with van der Waals surface area (Å²) in [5.41, 5.74) is 6.91. The van der Waals surface area contributed by atoms with Crippen LogP contribution < -0.4 is 10.6 Å². The predicted molar refractivity (Wildman–Crippen MR) is 84.2 cm³/mol. The summed E-state index contributed by atoms with van der Waals surface area (Å²) < 4.78 is 13.9. The fraction of sp³-hybridized carbons (Fsp3) is 0.188. The fourth-order valence-electron chi connectivity index (χ4n) is 2.10. The number of nitrogens with two attached hydrogens (primary N) is 1. The summed E-state index contributed by atoms with van der Waals surface area (Å²) in [7, 11) is 0. The molecule has 0 unspecified atom stereocenters. The van der Waals surface area contributed by atoms with Crippen molar-refractivity contribution in [1.82, 2.24) is 0 Å². The van der Waals surface area contributed by atoms with E-state index < -0.39 is 11.7 Å². The molecule has 21 heavy (non-hydrogen) atoms. The van der Waals surface area contributed by atoms with Crippen LogP contribution >= 0.6 is 11.6 Å². The number of rotatable bonds is 4. The van der Waals surface area contributed by atoms with Crippen molar-refractivity contribution in [3.8, 4) is 0 Å². The van der Waals surface area contributed by atoms with Gasteiger partial charge in [0, 0.05) is 11.6 Å². The van der Waals surface area contributed by atoms with Crippen molar-refractivity contribution in [3.05, 3.63) is 58.9 Å². The van der Waals surface area contributed by atoms with Crippen molar-refractivity contribution in [2.24, 2.45) is 0 Å². The molecule has 0 fully saturated rings. The average molecular weight is 307 g/mol. The molecule has 0 bridgehead atoms. The zero-order chi connectivity index (χ0) is 15.4. The maximum Gasteiger partial charge on any atom is 0.261 e. The van der Waals surface area contributed by atoms with Crippen LogP contribution in [0.15, 0.2) is 42.5 Å². The Morgan fingerprint density at radius 2 is 2.00 bits per heavy atom. The molecule has 0 aliphatic carbocycles. The minimum absolute atomic E-state index is 0.0563. The number of carbonyl (C=O) groups excluding carboxylic acids is 1. The van der Waals surface area contributed by atoms with Crippen LogP contribution in [0.1, 0.15) is 23.7 Å². The molecule has 0 aliphatic heterocycles. The smallest absolute Gasteiger partial charge is 0.261 e. The van der Waals surface area contributed by atoms with Gasteiger partial charge in [-0.3, -0.25) is 4.79 Å². The van der Waals surface area contributed by atoms with E-state index in [1.807, 2.05) is 6.92 Å². The normalized spacial score (nSPS) is 10.4. The lowest BCUT2D eigenvalue weighted by Gasteiger charge is -2.24. The van der Waals surface area contributed by atoms with Gasteiger partial charge in [0.1, 0.15) is 5.82 Å². The van der Waals surface area contributed by atoms with Crippen LogP contribution in [0, 0.1) is 5.82 Å². The zero-order valence-corrected chi connectivity index (χ0v) is 12.4. The van der Waals surface area contributed by atoms with E-state index in [4.69, 9.17) is 17.3 Å². The molecule has 0 aliphatic rings. The van der Waals surface area contributed by atoms with Gasteiger partial charge in [0.2, 0.25) is 0 Å². The molecule has 1 amide bonds. The van der Waals surface area contributed by atoms with E-state index in [-0.39, 0.29) is 5.56 Å². The molecule has 0 radical (unpaired) electrons. The highest BCUT2D eigenvalue weighted by Crippen LogP contribution is 2.26. The Kier molecular flexibility index (Phi) is 4.81. The molecule has 0 saturated carbocycles. The van der Waals surface area contributed by atoms with Gasteiger partial charge < -0.3 is 10.6 Å². The highest BCUT2D eigenvalue weighted by molar-refractivity contribution is 6.31. The van der Waals surface area contributed by atoms with Gasteiger partial charge in [-0.25, -0.2) is 4.39 Å². The molecule has 2 N–H and O–H groups in total. The molecular formula is C16H16ClFN2O. The van der Waals surface area contributed by atoms with E-state index in [2.05, 4.69) is 0 Å². The molecule has 3 nitrogen and oxygen atoms in total. The number of anilines is 2. The quantitative estimate of drug-likeness (QED) is 0.864. The first-order valence-corrected chi connectivity index (χ1v) is 7.03. The Morgan fingerprint density at radius 3 is 2.67 bits per heavy atom. The van der Waals surface area contributed by atoms with E-state index in [9.17, 15) is 9.18 Å². The van der Waals surface area contributed by atoms with Crippen molar-refractivity contribution in [2.75, 3.05) is 17.2 Å². The summed E-state index contributed by atoms with van der Waals surface area (Å²) in [6.07, 6.45) is 0.724. The van der Waals surface area contributed by atoms with Gasteiger partial charge in [0.15, 0.2) is 0 Å². The largest absolute Gasteiger partial charge is 0.397 e. The molecule has 0 heterocycles. The molecule has 2 aromatic carbocycles. The molecule has 2 aromatic rings. The summed E-state index contributed by atoms with van der Waals surface area (Å²) in [5, 5.41) is 0.317. The van der Waals surface area contributed by atoms with E-state index >= 15 is 0 Å². The Balaban J connectivity index is 2.45. The molecule has 0 atom stereocenters. The van der Waals surface area contributed by atoms with Crippen LogP contribution in [0.25, 0.3) is 0 Å². The van der Waals surface area contributed by atoms with Gasteiger partial charge in [-0.15, -0.1) is 0 Å². The Bertz CT molecular complexity index is 660. The Labute approximate surface area is 128 Å². The topological polar surface area (TPSA) is 46.3 Å². The average Bonchev–Trinajstić information content (AvgIpc) is 2.47. The first-order chi connectivity index (χ1) is 10.0. The standard InChI is InChI=1S/C16H16ClFN2O/c1-2-9-20(15-6-4-3-5-14(15)19)16(21)12-10-11(17)7-8-13(12)18/h3-8,10H,2,9,19H2,1H3. The van der Waals surface area contributed by atoms with Crippen LogP contribution in [0.4, 0.5) is 15.8 Å². The van der Waals surface area contributed by atoms with Crippen LogP contribution in [0.5, 0.6) is 0 Å². The summed E-state index contributed by atoms with van der Waals surface area (Å²) in [5.74, 6) is -1.05. The Hall–Kier alpha value is -2.07. The molecular weight excluding hydrogens is 291 g/mol. The van der Waals surface area contributed by atoms with Crippen LogP contribution in [0.2, 0.25) is 5.02 Å². The third kappa shape index (κ3) is 3.34. The zero-order valence-electron chi connectivity index (χ0n) is 11.6. The predicted octanol–water partition coefficient (Wildman–Crippen LogP) is 4.12. The molecule has 0 aromatic heterocycles. The monoisotopic (exact) mass is 306 g/mol. The van der Waals surface area contributed by atoms with Crippen molar-refractivity contribution in [1.29, 1.82) is 0 Å². The number of para-hydroxylation sites is 2. The highest BCUT2D eigenvalue weighted by atomic mass is 35.5. The second-order valence-corrected chi connectivity index (χ2v) is 5.08. The number of hydrogen-bond donors (Lipinski definition) is 1. The first kappa shape index (κ1) is 15.3. The van der Waals surface area contributed by atoms with E-state index in [1.165, 1.54) is 23.1 Å². The van der Waals surface area contributed by atoms with Gasteiger partial charge >= 0.3 is 0 Å². The van der Waals surface area contributed by atoms with Crippen LogP contribution in [-0.2, 0) is 0 Å². The Morgan fingerprint density at radius 1 is 1.29 bits per heavy atom. The van der Waals surface area contributed by atoms with E-state index in [0.29, 0.717) is 22.9 Å². The van der Waals surface area contributed by atoms with Gasteiger partial charge in [-0.05, 0) is 36.8 Å². The van der Waals surface area contributed by atoms with Gasteiger partial charge in [0.05, 0.1) is 16.9 Å². The molecule has 5 heteroatoms. The highest BCUT2D eigenvalue weighted by Gasteiger charge is 2.21. The lowest BCUT2D eigenvalue weighted by molar-refractivity contribution is 0.0983. The SMILES string of the molecule is CCCN(C(=O)c1cc(Cl)ccc1F)c1ccccc1N. The molecule has 0 saturated heterocycles. The van der Waals surface area contributed by atoms with Gasteiger partial charge in [-0.2, -0.15) is 0 Å². The summed E-state index contributed by atoms with van der Waals surface area (Å²) >= 11 is 5.86. The number of halogens is 2. The first-order valence-electron chi connectivity index (χ1n) is 6.66. The minimum atomic E-state index is -0.597. The van der Waals surface area contributed by atoms with Gasteiger partial charge in [0.25, 0.3) is 5.91 Å². The fourth-order valence-corrected chi connectivity index (χ4v) is 2.27. The lowest BCUT2D eigenvalue weighted by Crippen LogP contribution is -2.33. The number of hydrogen-bond acceptors (Lipinski definition) is 2. The number of benzene rings is 2. The molecule has 2 rings (SSSR count). The summed E-state index contributed by atoms with van der Waals surface area (Å²) in [6.45, 7) is 2.38. The van der Waals surface area contributed by atoms with E-state index in [0.717, 1.165) is 6.42 Å². The number of nitrogen functional groups attached to an aromatic ring is 1. The number of carbonyl (C=O) groups is 1. The lowest BCUT2D eigenvalue weighted by atomic mass is 10.1. The van der Waals surface area contributed by atoms with Crippen LogP contribution in [-0.4, -0.2) is 12.5 Å². The van der Waals surface area contributed by atoms with Crippen molar-refractivity contribution in [2.45, 2.75) is 13.3 Å². The maximum absolute atomic E-state index is 13.9. The van der Waals surface area contributed by atoms with Crippen molar-refractivity contribution >= 4 is 28.9 Å². The van der Waals surface area contributed by atoms with E-state index in [1.54, 1.807) is 24.3 Å². The van der Waals surface area contributed by atoms with Crippen molar-refractivity contribution in [3.63, 3.8) is 0 Å². The molecule has 0 spiro atoms. The maximum atomic E-state index is 13.9. The van der Waals surface area contributed by atoms with Gasteiger partial charge in [-0.1, -0.05) is 30.7 Å². The third-order valence-electron chi connectivity index (χ3n) is 3.08. The minimum Gasteiger partial charge on any atom is -0.397 e. The van der Waals surface area contributed by atoms with Crippen LogP contribution in [0.3, 0.4) is 0 Å². The summed E-state index contributed by atoms with van der Waals surface area (Å²) in [4.78, 5) is 14.1. The van der Waals surface area contributed by atoms with Crippen molar-refractivity contribution < 1.29 is 9.18 Å².